The minimum Gasteiger partial charge on any atom is -0.351 e. The molecule has 0 fully saturated rings. The molecule has 0 aliphatic carbocycles. The monoisotopic (exact) mass is 303 g/mol. The number of hydrogen-bond acceptors (Lipinski definition) is 3. The summed E-state index contributed by atoms with van der Waals surface area (Å²) in [5.41, 5.74) is 4.73. The minimum absolute atomic E-state index is 0.255. The van der Waals surface area contributed by atoms with Crippen molar-refractivity contribution in [3.63, 3.8) is 0 Å². The highest BCUT2D eigenvalue weighted by Crippen LogP contribution is 2.29. The summed E-state index contributed by atoms with van der Waals surface area (Å²) in [5, 5.41) is 1.95. The summed E-state index contributed by atoms with van der Waals surface area (Å²) < 4.78 is 37.3. The van der Waals surface area contributed by atoms with E-state index in [-0.39, 0.29) is 6.54 Å². The zero-order valence-corrected chi connectivity index (χ0v) is 11.6. The Bertz CT molecular complexity index is 514. The van der Waals surface area contributed by atoms with Crippen molar-refractivity contribution in [2.24, 2.45) is 5.73 Å². The van der Waals surface area contributed by atoms with Crippen LogP contribution in [0.1, 0.15) is 18.1 Å². The first-order valence-electron chi connectivity index (χ1n) is 6.08. The van der Waals surface area contributed by atoms with Crippen LogP contribution in [-0.4, -0.2) is 29.9 Å². The first kappa shape index (κ1) is 17.0. The number of nitrogens with zero attached hydrogens (tertiary/aromatic N) is 1. The van der Waals surface area contributed by atoms with Gasteiger partial charge in [0.2, 0.25) is 5.91 Å². The molecule has 0 aliphatic heterocycles. The lowest BCUT2D eigenvalue weighted by atomic mass is 10.1. The molecule has 21 heavy (non-hydrogen) atoms. The van der Waals surface area contributed by atoms with Crippen LogP contribution in [0.3, 0.4) is 0 Å². The van der Waals surface area contributed by atoms with Crippen LogP contribution in [0.5, 0.6) is 0 Å². The Balaban J connectivity index is 2.68. The van der Waals surface area contributed by atoms with Crippen molar-refractivity contribution in [1.82, 2.24) is 10.2 Å². The molecule has 1 atom stereocenters. The van der Waals surface area contributed by atoms with E-state index >= 15 is 0 Å². The third-order valence-corrected chi connectivity index (χ3v) is 3.00. The van der Waals surface area contributed by atoms with Gasteiger partial charge in [0.15, 0.2) is 0 Å². The maximum Gasteiger partial charge on any atom is 0.416 e. The van der Waals surface area contributed by atoms with Crippen LogP contribution >= 0.6 is 0 Å². The van der Waals surface area contributed by atoms with Gasteiger partial charge in [-0.1, -0.05) is 12.1 Å². The molecule has 0 aromatic heterocycles. The highest BCUT2D eigenvalue weighted by molar-refractivity contribution is 5.96. The highest BCUT2D eigenvalue weighted by atomic mass is 19.4. The Hall–Kier alpha value is -2.09. The zero-order valence-electron chi connectivity index (χ0n) is 11.6. The third kappa shape index (κ3) is 5.07. The number of nitrogens with two attached hydrogens (primary N) is 1. The topological polar surface area (TPSA) is 75.4 Å². The van der Waals surface area contributed by atoms with Gasteiger partial charge in [-0.3, -0.25) is 15.0 Å². The standard InChI is InChI=1S/C13H16F3N3O2/c1-8(11(20)18-12(17)21)19(2)7-9-3-5-10(6-4-9)13(14,15)16/h3-6,8H,7H2,1-2H3,(H3,17,18,20,21)/t8-/m1/s1. The number of benzene rings is 1. The second-order valence-corrected chi connectivity index (χ2v) is 4.64. The van der Waals surface area contributed by atoms with Crippen molar-refractivity contribution in [3.05, 3.63) is 35.4 Å². The van der Waals surface area contributed by atoms with Crippen molar-refractivity contribution >= 4 is 11.9 Å². The number of likely N-dealkylation sites (N-methyl/N-ethyl adjacent to an activating group) is 1. The number of hydrogen-bond donors (Lipinski definition) is 2. The number of carbonyl (C=O) groups is 2. The summed E-state index contributed by atoms with van der Waals surface area (Å²) in [6.45, 7) is 1.81. The maximum absolute atomic E-state index is 12.4. The van der Waals surface area contributed by atoms with Crippen molar-refractivity contribution in [1.29, 1.82) is 0 Å². The van der Waals surface area contributed by atoms with Gasteiger partial charge in [-0.25, -0.2) is 4.79 Å². The maximum atomic E-state index is 12.4. The third-order valence-electron chi connectivity index (χ3n) is 3.00. The van der Waals surface area contributed by atoms with Crippen LogP contribution in [0.25, 0.3) is 0 Å². The van der Waals surface area contributed by atoms with Gasteiger partial charge >= 0.3 is 12.2 Å². The molecule has 0 bridgehead atoms. The molecule has 3 amide bonds. The van der Waals surface area contributed by atoms with E-state index in [1.54, 1.807) is 18.9 Å². The van der Waals surface area contributed by atoms with E-state index in [4.69, 9.17) is 5.73 Å². The second-order valence-electron chi connectivity index (χ2n) is 4.64. The first-order chi connectivity index (χ1) is 9.61. The average Bonchev–Trinajstić information content (AvgIpc) is 2.36. The van der Waals surface area contributed by atoms with Crippen LogP contribution in [0.4, 0.5) is 18.0 Å². The van der Waals surface area contributed by atoms with Crippen molar-refractivity contribution in [2.75, 3.05) is 7.05 Å². The fourth-order valence-electron chi connectivity index (χ4n) is 1.65. The number of halogens is 3. The molecule has 1 rings (SSSR count). The van der Waals surface area contributed by atoms with E-state index in [1.165, 1.54) is 12.1 Å². The molecule has 0 saturated carbocycles. The molecule has 8 heteroatoms. The molecule has 0 saturated heterocycles. The van der Waals surface area contributed by atoms with Gasteiger partial charge in [0.1, 0.15) is 0 Å². The fourth-order valence-corrected chi connectivity index (χ4v) is 1.65. The normalized spacial score (nSPS) is 13.0. The van der Waals surface area contributed by atoms with Crippen LogP contribution in [-0.2, 0) is 17.5 Å². The van der Waals surface area contributed by atoms with Gasteiger partial charge in [-0.15, -0.1) is 0 Å². The van der Waals surface area contributed by atoms with Gasteiger partial charge < -0.3 is 5.73 Å². The summed E-state index contributed by atoms with van der Waals surface area (Å²) in [6, 6.07) is 3.06. The van der Waals surface area contributed by atoms with E-state index in [2.05, 4.69) is 0 Å². The lowest BCUT2D eigenvalue weighted by Gasteiger charge is -2.23. The second kappa shape index (κ2) is 6.57. The van der Waals surface area contributed by atoms with Gasteiger partial charge in [0, 0.05) is 6.54 Å². The molecular weight excluding hydrogens is 287 g/mol. The van der Waals surface area contributed by atoms with Gasteiger partial charge in [-0.05, 0) is 31.7 Å². The molecule has 116 valence electrons. The minimum atomic E-state index is -4.38. The summed E-state index contributed by atoms with van der Waals surface area (Å²) >= 11 is 0. The quantitative estimate of drug-likeness (QED) is 0.889. The van der Waals surface area contributed by atoms with Crippen molar-refractivity contribution in [3.8, 4) is 0 Å². The van der Waals surface area contributed by atoms with Crippen LogP contribution in [0, 0.1) is 0 Å². The predicted octanol–water partition coefficient (Wildman–Crippen LogP) is 1.72. The molecule has 0 radical (unpaired) electrons. The van der Waals surface area contributed by atoms with Gasteiger partial charge in [0.25, 0.3) is 0 Å². The number of imide groups is 1. The van der Waals surface area contributed by atoms with E-state index in [1.807, 2.05) is 5.32 Å². The lowest BCUT2D eigenvalue weighted by molar-refractivity contribution is -0.137. The lowest BCUT2D eigenvalue weighted by Crippen LogP contribution is -2.46. The molecule has 0 heterocycles. The summed E-state index contributed by atoms with van der Waals surface area (Å²) in [6.07, 6.45) is -4.38. The van der Waals surface area contributed by atoms with Crippen LogP contribution in [0.2, 0.25) is 0 Å². The largest absolute Gasteiger partial charge is 0.416 e. The summed E-state index contributed by atoms with van der Waals surface area (Å²) in [7, 11) is 1.61. The number of carbonyl (C=O) groups excluding carboxylic acids is 2. The summed E-state index contributed by atoms with van der Waals surface area (Å²) in [4.78, 5) is 23.7. The smallest absolute Gasteiger partial charge is 0.351 e. The molecule has 3 N–H and O–H groups in total. The van der Waals surface area contributed by atoms with E-state index in [9.17, 15) is 22.8 Å². The SMILES string of the molecule is C[C@H](C(=O)NC(N)=O)N(C)Cc1ccc(C(F)(F)F)cc1. The number of amides is 3. The molecule has 0 unspecified atom stereocenters. The number of primary amides is 1. The molecule has 0 aliphatic rings. The van der Waals surface area contributed by atoms with Crippen LogP contribution in [0.15, 0.2) is 24.3 Å². The van der Waals surface area contributed by atoms with Gasteiger partial charge in [0.05, 0.1) is 11.6 Å². The van der Waals surface area contributed by atoms with E-state index < -0.39 is 29.7 Å². The zero-order chi connectivity index (χ0) is 16.2. The molecule has 1 aromatic rings. The summed E-state index contributed by atoms with van der Waals surface area (Å²) in [5.74, 6) is -0.572. The Morgan fingerprint density at radius 1 is 1.29 bits per heavy atom. The Morgan fingerprint density at radius 3 is 2.24 bits per heavy atom. The molecular formula is C13H16F3N3O2. The number of rotatable bonds is 4. The Kier molecular flexibility index (Phi) is 5.31. The average molecular weight is 303 g/mol. The number of urea groups is 1. The van der Waals surface area contributed by atoms with Crippen molar-refractivity contribution < 1.29 is 22.8 Å². The molecule has 5 nitrogen and oxygen atoms in total. The predicted molar refractivity (Wildman–Crippen MR) is 70.1 cm³/mol. The first-order valence-corrected chi connectivity index (χ1v) is 6.08. The van der Waals surface area contributed by atoms with E-state index in [0.717, 1.165) is 12.1 Å². The number of alkyl halides is 3. The molecule has 1 aromatic carbocycles. The van der Waals surface area contributed by atoms with Crippen molar-refractivity contribution in [2.45, 2.75) is 25.7 Å². The fraction of sp³-hybridized carbons (Fsp3) is 0.385. The Morgan fingerprint density at radius 2 is 1.81 bits per heavy atom. The highest BCUT2D eigenvalue weighted by Gasteiger charge is 2.30. The number of nitrogens with one attached hydrogen (secondary N) is 1. The van der Waals surface area contributed by atoms with Crippen LogP contribution < -0.4 is 11.1 Å². The van der Waals surface area contributed by atoms with Gasteiger partial charge in [-0.2, -0.15) is 13.2 Å². The molecule has 0 spiro atoms. The Labute approximate surface area is 119 Å². The van der Waals surface area contributed by atoms with E-state index in [0.29, 0.717) is 5.56 Å².